The van der Waals surface area contributed by atoms with Crippen LogP contribution in [-0.2, 0) is 28.6 Å². The molecule has 1 aliphatic rings. The van der Waals surface area contributed by atoms with Crippen LogP contribution in [0.4, 0.5) is 0 Å². The van der Waals surface area contributed by atoms with Crippen LogP contribution in [-0.4, -0.2) is 30.3 Å². The van der Waals surface area contributed by atoms with E-state index in [1.165, 1.54) is 0 Å². The first kappa shape index (κ1) is 14.0. The summed E-state index contributed by atoms with van der Waals surface area (Å²) in [5.41, 5.74) is 0. The van der Waals surface area contributed by atoms with E-state index in [0.29, 0.717) is 12.8 Å². The van der Waals surface area contributed by atoms with Gasteiger partial charge in [0, 0.05) is 18.6 Å². The summed E-state index contributed by atoms with van der Waals surface area (Å²) >= 11 is 0. The van der Waals surface area contributed by atoms with Gasteiger partial charge in [-0.25, -0.2) is 14.4 Å². The molecule has 0 aliphatic carbocycles. The first-order valence-corrected chi connectivity index (χ1v) is 5.42. The van der Waals surface area contributed by atoms with Gasteiger partial charge in [-0.05, 0) is 12.8 Å². The number of esters is 3. The maximum Gasteiger partial charge on any atom is 0.393 e. The van der Waals surface area contributed by atoms with Crippen LogP contribution in [0, 0.1) is 0 Å². The first-order valence-electron chi connectivity index (χ1n) is 5.42. The summed E-state index contributed by atoms with van der Waals surface area (Å²) in [6.45, 7) is 6.63. The van der Waals surface area contributed by atoms with E-state index in [1.807, 2.05) is 0 Å². The smallest absolute Gasteiger partial charge is 0.393 e. The van der Waals surface area contributed by atoms with Gasteiger partial charge < -0.3 is 14.2 Å². The highest BCUT2D eigenvalue weighted by Crippen LogP contribution is 2.27. The van der Waals surface area contributed by atoms with E-state index in [0.717, 1.165) is 12.2 Å². The van der Waals surface area contributed by atoms with Gasteiger partial charge in [0.15, 0.2) is 0 Å². The van der Waals surface area contributed by atoms with Gasteiger partial charge in [-0.1, -0.05) is 13.2 Å². The zero-order valence-electron chi connectivity index (χ0n) is 9.85. The van der Waals surface area contributed by atoms with Crippen LogP contribution in [0.1, 0.15) is 19.3 Å². The molecule has 0 aromatic rings. The largest absolute Gasteiger partial charge is 0.460 e. The second-order valence-corrected chi connectivity index (χ2v) is 3.60. The standard InChI is InChI=1S/C12H14O6/c1-3-9(13)17-12(18-10(14)4-2)7-5-6-8-16-11(12)15/h3-4H,1-2,5-8H2. The lowest BCUT2D eigenvalue weighted by atomic mass is 10.1. The summed E-state index contributed by atoms with van der Waals surface area (Å²) in [6, 6.07) is 0. The normalized spacial score (nSPS) is 17.9. The van der Waals surface area contributed by atoms with Gasteiger partial charge >= 0.3 is 23.7 Å². The Morgan fingerprint density at radius 2 is 1.72 bits per heavy atom. The fourth-order valence-corrected chi connectivity index (χ4v) is 1.45. The van der Waals surface area contributed by atoms with Crippen LogP contribution in [0.15, 0.2) is 25.3 Å². The van der Waals surface area contributed by atoms with Gasteiger partial charge in [-0.2, -0.15) is 0 Å². The predicted octanol–water partition coefficient (Wildman–Crippen LogP) is 0.868. The van der Waals surface area contributed by atoms with Crippen molar-refractivity contribution in [1.29, 1.82) is 0 Å². The van der Waals surface area contributed by atoms with Crippen molar-refractivity contribution in [3.63, 3.8) is 0 Å². The molecule has 0 aromatic carbocycles. The van der Waals surface area contributed by atoms with Crippen molar-refractivity contribution in [1.82, 2.24) is 0 Å². The van der Waals surface area contributed by atoms with E-state index in [1.54, 1.807) is 0 Å². The highest BCUT2D eigenvalue weighted by Gasteiger charge is 2.48. The van der Waals surface area contributed by atoms with Crippen LogP contribution < -0.4 is 0 Å². The second kappa shape index (κ2) is 6.00. The van der Waals surface area contributed by atoms with E-state index in [-0.39, 0.29) is 13.0 Å². The van der Waals surface area contributed by atoms with Gasteiger partial charge in [0.05, 0.1) is 6.61 Å². The third kappa shape index (κ3) is 3.19. The Kier molecular flexibility index (Phi) is 4.65. The number of rotatable bonds is 4. The number of ether oxygens (including phenoxy) is 3. The number of carbonyl (C=O) groups excluding carboxylic acids is 3. The van der Waals surface area contributed by atoms with Crippen molar-refractivity contribution < 1.29 is 28.6 Å². The fraction of sp³-hybridized carbons (Fsp3) is 0.417. The molecule has 98 valence electrons. The predicted molar refractivity (Wildman–Crippen MR) is 60.1 cm³/mol. The molecule has 0 atom stereocenters. The maximum atomic E-state index is 11.8. The lowest BCUT2D eigenvalue weighted by molar-refractivity contribution is -0.234. The third-order valence-electron chi connectivity index (χ3n) is 2.31. The van der Waals surface area contributed by atoms with E-state index in [2.05, 4.69) is 13.2 Å². The van der Waals surface area contributed by atoms with Crippen molar-refractivity contribution in [2.75, 3.05) is 6.61 Å². The summed E-state index contributed by atoms with van der Waals surface area (Å²) in [5, 5.41) is 0. The molecule has 6 nitrogen and oxygen atoms in total. The summed E-state index contributed by atoms with van der Waals surface area (Å²) < 4.78 is 14.6. The Morgan fingerprint density at radius 3 is 2.22 bits per heavy atom. The van der Waals surface area contributed by atoms with Crippen molar-refractivity contribution in [2.24, 2.45) is 0 Å². The number of carbonyl (C=O) groups is 3. The summed E-state index contributed by atoms with van der Waals surface area (Å²) in [4.78, 5) is 34.3. The highest BCUT2D eigenvalue weighted by molar-refractivity contribution is 5.90. The quantitative estimate of drug-likeness (QED) is 0.421. The molecule has 1 rings (SSSR count). The van der Waals surface area contributed by atoms with E-state index >= 15 is 0 Å². The van der Waals surface area contributed by atoms with Crippen molar-refractivity contribution >= 4 is 17.9 Å². The van der Waals surface area contributed by atoms with Crippen LogP contribution in [0.5, 0.6) is 0 Å². The second-order valence-electron chi connectivity index (χ2n) is 3.60. The minimum Gasteiger partial charge on any atom is -0.460 e. The Hall–Kier alpha value is -2.11. The summed E-state index contributed by atoms with van der Waals surface area (Å²) in [7, 11) is 0. The molecule has 0 unspecified atom stereocenters. The van der Waals surface area contributed by atoms with Crippen LogP contribution >= 0.6 is 0 Å². The maximum absolute atomic E-state index is 11.8. The average Bonchev–Trinajstić information content (AvgIpc) is 2.52. The Bertz CT molecular complexity index is 362. The minimum atomic E-state index is -2.03. The highest BCUT2D eigenvalue weighted by atomic mass is 16.8. The van der Waals surface area contributed by atoms with Gasteiger partial charge in [-0.15, -0.1) is 0 Å². The first-order chi connectivity index (χ1) is 8.54. The van der Waals surface area contributed by atoms with Crippen molar-refractivity contribution in [2.45, 2.75) is 25.0 Å². The molecule has 18 heavy (non-hydrogen) atoms. The molecule has 1 heterocycles. The van der Waals surface area contributed by atoms with Crippen molar-refractivity contribution in [3.8, 4) is 0 Å². The Labute approximate surface area is 104 Å². The van der Waals surface area contributed by atoms with Crippen LogP contribution in [0.3, 0.4) is 0 Å². The molecular weight excluding hydrogens is 240 g/mol. The molecule has 1 fully saturated rings. The van der Waals surface area contributed by atoms with Crippen molar-refractivity contribution in [3.05, 3.63) is 25.3 Å². The molecule has 0 amide bonds. The fourth-order valence-electron chi connectivity index (χ4n) is 1.45. The Balaban J connectivity index is 2.99. The number of cyclic esters (lactones) is 1. The molecule has 6 heteroatoms. The molecule has 0 radical (unpaired) electrons. The van der Waals surface area contributed by atoms with Gasteiger partial charge in [0.1, 0.15) is 0 Å². The molecule has 1 saturated heterocycles. The summed E-state index contributed by atoms with van der Waals surface area (Å²) in [5.74, 6) is -4.67. The molecule has 0 aromatic heterocycles. The van der Waals surface area contributed by atoms with E-state index in [9.17, 15) is 14.4 Å². The van der Waals surface area contributed by atoms with E-state index < -0.39 is 23.7 Å². The number of hydrogen-bond acceptors (Lipinski definition) is 6. The lowest BCUT2D eigenvalue weighted by Gasteiger charge is -2.27. The average molecular weight is 254 g/mol. The van der Waals surface area contributed by atoms with E-state index in [4.69, 9.17) is 14.2 Å². The molecule has 0 spiro atoms. The SMILES string of the molecule is C=CC(=O)OC1(OC(=O)C=C)CCCCOC1=O. The van der Waals surface area contributed by atoms with Gasteiger partial charge in [0.25, 0.3) is 0 Å². The Morgan fingerprint density at radius 1 is 1.17 bits per heavy atom. The van der Waals surface area contributed by atoms with Crippen LogP contribution in [0.2, 0.25) is 0 Å². The lowest BCUT2D eigenvalue weighted by Crippen LogP contribution is -2.47. The molecule has 0 N–H and O–H groups in total. The zero-order chi connectivity index (χ0) is 13.6. The third-order valence-corrected chi connectivity index (χ3v) is 2.31. The number of hydrogen-bond donors (Lipinski definition) is 0. The van der Waals surface area contributed by atoms with Crippen LogP contribution in [0.25, 0.3) is 0 Å². The topological polar surface area (TPSA) is 78.9 Å². The summed E-state index contributed by atoms with van der Waals surface area (Å²) in [6.07, 6.45) is 2.92. The zero-order valence-corrected chi connectivity index (χ0v) is 9.85. The molecule has 0 bridgehead atoms. The molecular formula is C12H14O6. The van der Waals surface area contributed by atoms with Gasteiger partial charge in [0.2, 0.25) is 0 Å². The minimum absolute atomic E-state index is 0.0466. The monoisotopic (exact) mass is 254 g/mol. The van der Waals surface area contributed by atoms with Gasteiger partial charge in [-0.3, -0.25) is 0 Å². The molecule has 0 saturated carbocycles. The molecule has 1 aliphatic heterocycles.